The zero-order chi connectivity index (χ0) is 19.4. The van der Waals surface area contributed by atoms with Crippen LogP contribution in [0.4, 0.5) is 11.5 Å². The van der Waals surface area contributed by atoms with E-state index in [4.69, 9.17) is 9.47 Å². The molecule has 7 heteroatoms. The molecule has 1 N–H and O–H groups in total. The quantitative estimate of drug-likeness (QED) is 0.792. The summed E-state index contributed by atoms with van der Waals surface area (Å²) in [5, 5.41) is 2.75. The topological polar surface area (TPSA) is 80.8 Å². The number of nitrogens with one attached hydrogen (secondary N) is 1. The standard InChI is InChI=1S/C20H23N3O4/c1-4-5-12-23-17-16(10-7-11-21-17)27-20(2,19(23)25)18(24)22-14-8-6-9-15(13-14)26-3/h6-11,13H,4-5,12H2,1-3H3,(H,22,24). The molecule has 0 aliphatic carbocycles. The second-order valence-corrected chi connectivity index (χ2v) is 6.46. The first-order chi connectivity index (χ1) is 13.0. The monoisotopic (exact) mass is 369 g/mol. The molecule has 0 spiro atoms. The van der Waals surface area contributed by atoms with E-state index in [1.54, 1.807) is 49.7 Å². The van der Waals surface area contributed by atoms with Crippen LogP contribution in [0, 0.1) is 0 Å². The molecular weight excluding hydrogens is 346 g/mol. The van der Waals surface area contributed by atoms with Gasteiger partial charge in [0.1, 0.15) is 5.75 Å². The molecule has 1 aliphatic rings. The van der Waals surface area contributed by atoms with E-state index in [0.717, 1.165) is 12.8 Å². The molecule has 1 aliphatic heterocycles. The third kappa shape index (κ3) is 3.58. The number of hydrogen-bond acceptors (Lipinski definition) is 5. The second-order valence-electron chi connectivity index (χ2n) is 6.46. The fraction of sp³-hybridized carbons (Fsp3) is 0.350. The van der Waals surface area contributed by atoms with Gasteiger partial charge in [0.2, 0.25) is 0 Å². The van der Waals surface area contributed by atoms with Crippen LogP contribution in [0.15, 0.2) is 42.6 Å². The highest BCUT2D eigenvalue weighted by atomic mass is 16.5. The fourth-order valence-corrected chi connectivity index (χ4v) is 2.90. The number of carbonyl (C=O) groups excluding carboxylic acids is 2. The zero-order valence-corrected chi connectivity index (χ0v) is 15.7. The number of rotatable bonds is 6. The van der Waals surface area contributed by atoms with Crippen molar-refractivity contribution in [2.45, 2.75) is 32.3 Å². The van der Waals surface area contributed by atoms with Gasteiger partial charge in [-0.1, -0.05) is 19.4 Å². The molecule has 0 fully saturated rings. The maximum absolute atomic E-state index is 13.1. The van der Waals surface area contributed by atoms with E-state index in [9.17, 15) is 9.59 Å². The summed E-state index contributed by atoms with van der Waals surface area (Å²) in [6, 6.07) is 10.4. The van der Waals surface area contributed by atoms with Crippen LogP contribution in [0.25, 0.3) is 0 Å². The number of anilines is 2. The van der Waals surface area contributed by atoms with E-state index in [2.05, 4.69) is 10.3 Å². The Morgan fingerprint density at radius 2 is 2.15 bits per heavy atom. The molecule has 0 bridgehead atoms. The molecule has 1 unspecified atom stereocenters. The molecule has 2 heterocycles. The van der Waals surface area contributed by atoms with E-state index in [0.29, 0.717) is 29.5 Å². The summed E-state index contributed by atoms with van der Waals surface area (Å²) in [7, 11) is 1.55. The van der Waals surface area contributed by atoms with Gasteiger partial charge in [0.25, 0.3) is 17.4 Å². The minimum absolute atomic E-state index is 0.413. The predicted molar refractivity (Wildman–Crippen MR) is 102 cm³/mol. The first kappa shape index (κ1) is 18.7. The normalized spacial score (nSPS) is 18.5. The number of aromatic nitrogens is 1. The number of unbranched alkanes of at least 4 members (excludes halogenated alkanes) is 1. The van der Waals surface area contributed by atoms with Crippen molar-refractivity contribution in [3.8, 4) is 11.5 Å². The molecule has 0 saturated carbocycles. The largest absolute Gasteiger partial charge is 0.497 e. The molecule has 27 heavy (non-hydrogen) atoms. The number of nitrogens with zero attached hydrogens (tertiary/aromatic N) is 2. The van der Waals surface area contributed by atoms with Gasteiger partial charge < -0.3 is 14.8 Å². The number of amides is 2. The molecule has 7 nitrogen and oxygen atoms in total. The molecular formula is C20H23N3O4. The smallest absolute Gasteiger partial charge is 0.282 e. The highest BCUT2D eigenvalue weighted by Crippen LogP contribution is 2.36. The molecule has 142 valence electrons. The van der Waals surface area contributed by atoms with Gasteiger partial charge in [-0.3, -0.25) is 14.5 Å². The van der Waals surface area contributed by atoms with Crippen molar-refractivity contribution in [2.24, 2.45) is 0 Å². The Hall–Kier alpha value is -3.09. The van der Waals surface area contributed by atoms with Crippen LogP contribution < -0.4 is 19.7 Å². The van der Waals surface area contributed by atoms with E-state index < -0.39 is 17.4 Å². The Balaban J connectivity index is 1.91. The Morgan fingerprint density at radius 3 is 2.89 bits per heavy atom. The van der Waals surface area contributed by atoms with Crippen molar-refractivity contribution in [3.63, 3.8) is 0 Å². The summed E-state index contributed by atoms with van der Waals surface area (Å²) >= 11 is 0. The molecule has 0 saturated heterocycles. The number of fused-ring (bicyclic) bond motifs is 1. The van der Waals surface area contributed by atoms with Gasteiger partial charge in [-0.15, -0.1) is 0 Å². The van der Waals surface area contributed by atoms with Crippen molar-refractivity contribution in [1.29, 1.82) is 0 Å². The fourth-order valence-electron chi connectivity index (χ4n) is 2.90. The van der Waals surface area contributed by atoms with Crippen LogP contribution in [0.3, 0.4) is 0 Å². The van der Waals surface area contributed by atoms with Crippen LogP contribution in [0.2, 0.25) is 0 Å². The number of benzene rings is 1. The van der Waals surface area contributed by atoms with Crippen LogP contribution in [0.5, 0.6) is 11.5 Å². The average molecular weight is 369 g/mol. The summed E-state index contributed by atoms with van der Waals surface area (Å²) in [6.07, 6.45) is 3.32. The van der Waals surface area contributed by atoms with Crippen molar-refractivity contribution in [3.05, 3.63) is 42.6 Å². The first-order valence-electron chi connectivity index (χ1n) is 8.91. The van der Waals surface area contributed by atoms with Crippen LogP contribution in [-0.4, -0.2) is 36.1 Å². The number of hydrogen-bond donors (Lipinski definition) is 1. The molecule has 3 rings (SSSR count). The van der Waals surface area contributed by atoms with Crippen LogP contribution in [-0.2, 0) is 9.59 Å². The van der Waals surface area contributed by atoms with Crippen LogP contribution in [0.1, 0.15) is 26.7 Å². The Bertz CT molecular complexity index is 855. The average Bonchev–Trinajstić information content (AvgIpc) is 2.68. The number of carbonyl (C=O) groups is 2. The SMILES string of the molecule is CCCCN1C(=O)C(C)(C(=O)Nc2cccc(OC)c2)Oc2cccnc21. The molecule has 1 aromatic carbocycles. The minimum Gasteiger partial charge on any atom is -0.497 e. The van der Waals surface area contributed by atoms with Crippen molar-refractivity contribution >= 4 is 23.3 Å². The Kier molecular flexibility index (Phi) is 5.30. The molecule has 1 aromatic heterocycles. The first-order valence-corrected chi connectivity index (χ1v) is 8.91. The summed E-state index contributed by atoms with van der Waals surface area (Å²) in [5.41, 5.74) is -1.17. The Labute approximate surface area is 158 Å². The van der Waals surface area contributed by atoms with Gasteiger partial charge in [0, 0.05) is 24.5 Å². The van der Waals surface area contributed by atoms with Gasteiger partial charge in [-0.05, 0) is 37.6 Å². The maximum atomic E-state index is 13.1. The van der Waals surface area contributed by atoms with E-state index in [-0.39, 0.29) is 0 Å². The van der Waals surface area contributed by atoms with Gasteiger partial charge in [0.15, 0.2) is 11.6 Å². The van der Waals surface area contributed by atoms with Gasteiger partial charge in [-0.25, -0.2) is 4.98 Å². The van der Waals surface area contributed by atoms with Gasteiger partial charge >= 0.3 is 0 Å². The van der Waals surface area contributed by atoms with Gasteiger partial charge in [-0.2, -0.15) is 0 Å². The second kappa shape index (κ2) is 7.65. The molecule has 1 atom stereocenters. The third-order valence-electron chi connectivity index (χ3n) is 4.47. The summed E-state index contributed by atoms with van der Waals surface area (Å²) in [5.74, 6) is 0.492. The Morgan fingerprint density at radius 1 is 1.33 bits per heavy atom. The van der Waals surface area contributed by atoms with E-state index >= 15 is 0 Å². The molecule has 2 aromatic rings. The lowest BCUT2D eigenvalue weighted by Gasteiger charge is -2.38. The maximum Gasteiger partial charge on any atom is 0.282 e. The zero-order valence-electron chi connectivity index (χ0n) is 15.7. The lowest BCUT2D eigenvalue weighted by atomic mass is 10.0. The number of methoxy groups -OCH3 is 1. The number of ether oxygens (including phenoxy) is 2. The summed E-state index contributed by atoms with van der Waals surface area (Å²) in [4.78, 5) is 31.9. The van der Waals surface area contributed by atoms with Crippen molar-refractivity contribution in [1.82, 2.24) is 4.98 Å². The van der Waals surface area contributed by atoms with Crippen LogP contribution >= 0.6 is 0 Å². The molecule has 2 amide bonds. The van der Waals surface area contributed by atoms with E-state index in [1.807, 2.05) is 6.92 Å². The van der Waals surface area contributed by atoms with Crippen molar-refractivity contribution in [2.75, 3.05) is 23.9 Å². The van der Waals surface area contributed by atoms with Gasteiger partial charge in [0.05, 0.1) is 7.11 Å². The predicted octanol–water partition coefficient (Wildman–Crippen LogP) is 3.01. The minimum atomic E-state index is -1.69. The highest BCUT2D eigenvalue weighted by molar-refractivity contribution is 6.19. The van der Waals surface area contributed by atoms with E-state index in [1.165, 1.54) is 11.8 Å². The summed E-state index contributed by atoms with van der Waals surface area (Å²) in [6.45, 7) is 4.00. The summed E-state index contributed by atoms with van der Waals surface area (Å²) < 4.78 is 11.0. The number of pyridine rings is 1. The third-order valence-corrected chi connectivity index (χ3v) is 4.47. The lowest BCUT2D eigenvalue weighted by Crippen LogP contribution is -2.61. The molecule has 0 radical (unpaired) electrons. The highest BCUT2D eigenvalue weighted by Gasteiger charge is 2.51. The lowest BCUT2D eigenvalue weighted by molar-refractivity contribution is -0.145. The van der Waals surface area contributed by atoms with Crippen molar-refractivity contribution < 1.29 is 19.1 Å².